The molecule has 1 aliphatic rings. The number of aliphatic hydroxyl groups is 1. The highest BCUT2D eigenvalue weighted by atomic mass is 32.2. The molecule has 1 unspecified atom stereocenters. The van der Waals surface area contributed by atoms with Crippen molar-refractivity contribution >= 4 is 22.7 Å². The number of nitrogens with zero attached hydrogens (tertiary/aromatic N) is 2. The first-order chi connectivity index (χ1) is 16.9. The summed E-state index contributed by atoms with van der Waals surface area (Å²) in [6.45, 7) is 0.751. The van der Waals surface area contributed by atoms with Crippen molar-refractivity contribution in [2.45, 2.75) is 31.2 Å². The van der Waals surface area contributed by atoms with Gasteiger partial charge in [-0.15, -0.1) is 13.2 Å². The molecule has 1 heterocycles. The molecule has 1 atom stereocenters. The molecule has 192 valence electrons. The Kier molecular flexibility index (Phi) is 8.63. The first-order valence-electron chi connectivity index (χ1n) is 10.9. The van der Waals surface area contributed by atoms with E-state index in [1.54, 1.807) is 47.5 Å². The minimum absolute atomic E-state index is 0.0885. The van der Waals surface area contributed by atoms with Crippen LogP contribution >= 0.6 is 11.8 Å². The van der Waals surface area contributed by atoms with Crippen LogP contribution in [0, 0.1) is 0 Å². The second-order valence-electron chi connectivity index (χ2n) is 8.03. The molecule has 1 N–H and O–H groups in total. The highest BCUT2D eigenvalue weighted by Gasteiger charge is 2.49. The van der Waals surface area contributed by atoms with Crippen molar-refractivity contribution in [2.24, 2.45) is 0 Å². The summed E-state index contributed by atoms with van der Waals surface area (Å²) in [5.41, 5.74) is -0.323. The molecule has 0 amide bonds. The van der Waals surface area contributed by atoms with Crippen LogP contribution in [0.3, 0.4) is 0 Å². The number of allylic oxidation sites excluding steroid dienone is 5. The lowest BCUT2D eigenvalue weighted by Crippen LogP contribution is -2.45. The van der Waals surface area contributed by atoms with Gasteiger partial charge in [-0.05, 0) is 54.7 Å². The van der Waals surface area contributed by atoms with E-state index in [1.807, 2.05) is 30.3 Å². The molecule has 3 aromatic rings. The molecule has 0 aliphatic heterocycles. The third kappa shape index (κ3) is 6.76. The molecule has 1 aromatic heterocycles. The topological polar surface area (TPSA) is 47.3 Å². The van der Waals surface area contributed by atoms with Crippen LogP contribution in [0.4, 0.5) is 22.0 Å². The highest BCUT2D eigenvalue weighted by molar-refractivity contribution is 7.98. The number of thioether (sulfide) groups is 1. The van der Waals surface area contributed by atoms with Crippen LogP contribution in [0.15, 0.2) is 90.9 Å². The molecule has 10 heteroatoms. The molecule has 4 nitrogen and oxygen atoms in total. The van der Waals surface area contributed by atoms with Crippen LogP contribution in [0.5, 0.6) is 0 Å². The number of aromatic nitrogens is 2. The SMILES string of the molecule is CSCC(O)(c1ccc2c(cnn2-c2ccccc2)c1)C(C)(F)F.FC(F)(F)OC1=CC=CCC=C1. The quantitative estimate of drug-likeness (QED) is 0.348. The van der Waals surface area contributed by atoms with E-state index in [0.29, 0.717) is 11.8 Å². The number of halogens is 5. The van der Waals surface area contributed by atoms with Crippen molar-refractivity contribution in [3.8, 4) is 5.69 Å². The molecule has 2 aromatic carbocycles. The number of alkyl halides is 5. The van der Waals surface area contributed by atoms with Crippen molar-refractivity contribution in [3.63, 3.8) is 0 Å². The van der Waals surface area contributed by atoms with Crippen LogP contribution in [0.25, 0.3) is 16.6 Å². The lowest BCUT2D eigenvalue weighted by atomic mass is 9.89. The summed E-state index contributed by atoms with van der Waals surface area (Å²) in [7, 11) is 0. The summed E-state index contributed by atoms with van der Waals surface area (Å²) >= 11 is 1.19. The standard InChI is InChI=1S/C18H18F2N2OS.C8H7F3O/c1-17(19,20)18(23,12-24-2)14-8-9-16-13(10-14)11-21-22(16)15-6-4-3-5-7-15;9-8(10,11)12-7-5-3-1-2-4-6-7/h3-11,23H,12H2,1-2H3;1,3-6H,2H2. The maximum Gasteiger partial charge on any atom is 0.573 e. The molecule has 0 radical (unpaired) electrons. The Labute approximate surface area is 209 Å². The maximum absolute atomic E-state index is 14.0. The van der Waals surface area contributed by atoms with Gasteiger partial charge < -0.3 is 9.84 Å². The number of fused-ring (bicyclic) bond motifs is 1. The number of ether oxygens (including phenoxy) is 1. The number of rotatable bonds is 6. The number of para-hydroxylation sites is 1. The third-order valence-electron chi connectivity index (χ3n) is 5.31. The largest absolute Gasteiger partial charge is 0.573 e. The van der Waals surface area contributed by atoms with Crippen molar-refractivity contribution in [2.75, 3.05) is 12.0 Å². The predicted molar refractivity (Wildman–Crippen MR) is 132 cm³/mol. The second kappa shape index (κ2) is 11.3. The summed E-state index contributed by atoms with van der Waals surface area (Å²) in [6.07, 6.45) is 6.78. The van der Waals surface area contributed by atoms with Crippen molar-refractivity contribution in [1.29, 1.82) is 0 Å². The molecule has 0 saturated heterocycles. The van der Waals surface area contributed by atoms with Gasteiger partial charge in [0.25, 0.3) is 5.92 Å². The molecule has 4 rings (SSSR count). The fourth-order valence-corrected chi connectivity index (χ4v) is 4.34. The molecule has 36 heavy (non-hydrogen) atoms. The molecule has 1 aliphatic carbocycles. The molecule has 0 bridgehead atoms. The van der Waals surface area contributed by atoms with Gasteiger partial charge in [-0.1, -0.05) is 42.5 Å². The van der Waals surface area contributed by atoms with E-state index in [0.717, 1.165) is 18.1 Å². The molecular weight excluding hydrogens is 499 g/mol. The van der Waals surface area contributed by atoms with E-state index in [1.165, 1.54) is 30.0 Å². The fourth-order valence-electron chi connectivity index (χ4n) is 3.50. The van der Waals surface area contributed by atoms with Crippen LogP contribution in [0.2, 0.25) is 0 Å². The van der Waals surface area contributed by atoms with Gasteiger partial charge in [0.05, 0.1) is 17.4 Å². The molecular formula is C26H25F5N2O2S. The highest BCUT2D eigenvalue weighted by Crippen LogP contribution is 2.40. The summed E-state index contributed by atoms with van der Waals surface area (Å²) in [5.74, 6) is -3.52. The Morgan fingerprint density at radius 3 is 2.42 bits per heavy atom. The van der Waals surface area contributed by atoms with Gasteiger partial charge in [-0.2, -0.15) is 16.9 Å². The zero-order valence-electron chi connectivity index (χ0n) is 19.5. The van der Waals surface area contributed by atoms with Gasteiger partial charge >= 0.3 is 6.36 Å². The molecule has 0 saturated carbocycles. The third-order valence-corrected chi connectivity index (χ3v) is 6.02. The smallest absolute Gasteiger partial charge is 0.406 e. The summed E-state index contributed by atoms with van der Waals surface area (Å²) in [4.78, 5) is 0. The zero-order chi connectivity index (χ0) is 26.4. The van der Waals surface area contributed by atoms with E-state index >= 15 is 0 Å². The van der Waals surface area contributed by atoms with Crippen molar-refractivity contribution < 1.29 is 31.8 Å². The van der Waals surface area contributed by atoms with E-state index in [2.05, 4.69) is 9.84 Å². The van der Waals surface area contributed by atoms with Gasteiger partial charge in [0, 0.05) is 18.1 Å². The van der Waals surface area contributed by atoms with Crippen molar-refractivity contribution in [1.82, 2.24) is 9.78 Å². The van der Waals surface area contributed by atoms with Gasteiger partial charge in [0.1, 0.15) is 5.76 Å². The summed E-state index contributed by atoms with van der Waals surface area (Å²) in [5, 5.41) is 15.7. The lowest BCUT2D eigenvalue weighted by molar-refractivity contribution is -0.303. The Morgan fingerprint density at radius 1 is 1.06 bits per heavy atom. The first-order valence-corrected chi connectivity index (χ1v) is 12.3. The van der Waals surface area contributed by atoms with Crippen LogP contribution in [-0.4, -0.2) is 39.2 Å². The maximum atomic E-state index is 14.0. The van der Waals surface area contributed by atoms with Crippen LogP contribution < -0.4 is 0 Å². The van der Waals surface area contributed by atoms with Gasteiger partial charge in [0.15, 0.2) is 5.60 Å². The number of hydrogen-bond donors (Lipinski definition) is 1. The van der Waals surface area contributed by atoms with E-state index in [4.69, 9.17) is 0 Å². The first kappa shape index (κ1) is 27.5. The minimum atomic E-state index is -4.60. The zero-order valence-corrected chi connectivity index (χ0v) is 20.4. The predicted octanol–water partition coefficient (Wildman–Crippen LogP) is 7.15. The lowest BCUT2D eigenvalue weighted by Gasteiger charge is -2.33. The summed E-state index contributed by atoms with van der Waals surface area (Å²) in [6, 6.07) is 14.4. The van der Waals surface area contributed by atoms with Crippen molar-refractivity contribution in [3.05, 3.63) is 96.4 Å². The Bertz CT molecular complexity index is 1250. The molecule has 0 fully saturated rings. The normalized spacial score (nSPS) is 15.5. The molecule has 0 spiro atoms. The monoisotopic (exact) mass is 524 g/mol. The fraction of sp³-hybridized carbons (Fsp3) is 0.269. The van der Waals surface area contributed by atoms with Gasteiger partial charge in [-0.25, -0.2) is 13.5 Å². The average molecular weight is 525 g/mol. The Hall–Kier alpha value is -3.11. The van der Waals surface area contributed by atoms with E-state index in [-0.39, 0.29) is 17.1 Å². The second-order valence-corrected chi connectivity index (χ2v) is 8.90. The summed E-state index contributed by atoms with van der Waals surface area (Å²) < 4.78 is 68.4. The van der Waals surface area contributed by atoms with E-state index < -0.39 is 17.9 Å². The average Bonchev–Trinajstić information content (AvgIpc) is 3.08. The number of hydrogen-bond acceptors (Lipinski definition) is 4. The number of benzene rings is 2. The minimum Gasteiger partial charge on any atom is -0.406 e. The Morgan fingerprint density at radius 2 is 1.78 bits per heavy atom. The van der Waals surface area contributed by atoms with Gasteiger partial charge in [-0.3, -0.25) is 0 Å². The van der Waals surface area contributed by atoms with Crippen LogP contribution in [-0.2, 0) is 10.3 Å². The van der Waals surface area contributed by atoms with Gasteiger partial charge in [0.2, 0.25) is 0 Å². The Balaban J connectivity index is 0.000000253. The van der Waals surface area contributed by atoms with E-state index in [9.17, 15) is 27.1 Å². The van der Waals surface area contributed by atoms with Crippen LogP contribution in [0.1, 0.15) is 18.9 Å².